The van der Waals surface area contributed by atoms with Crippen molar-refractivity contribution in [2.45, 2.75) is 39.7 Å². The van der Waals surface area contributed by atoms with Crippen LogP contribution in [-0.4, -0.2) is 14.5 Å². The number of halogens is 1. The van der Waals surface area contributed by atoms with Crippen molar-refractivity contribution in [1.29, 1.82) is 0 Å². The smallest absolute Gasteiger partial charge is 0.252 e. The Labute approximate surface area is 164 Å². The molecule has 1 aromatic heterocycles. The van der Waals surface area contributed by atoms with Crippen LogP contribution in [-0.2, 0) is 6.54 Å². The first-order chi connectivity index (χ1) is 13.4. The summed E-state index contributed by atoms with van der Waals surface area (Å²) >= 11 is 0. The molecule has 1 heterocycles. The number of hydrogen-bond donors (Lipinski definition) is 0. The Bertz CT molecular complexity index is 925. The molecule has 0 radical (unpaired) electrons. The lowest BCUT2D eigenvalue weighted by Crippen LogP contribution is -2.16. The molecule has 146 valence electrons. The predicted octanol–water partition coefficient (Wildman–Crippen LogP) is 5.54. The normalized spacial score (nSPS) is 17.6. The largest absolute Gasteiger partial charge is 0.333 e. The SMILES string of the molecule is CC1=CC(CC/C(F)=C\c2ccc(Cn3ccnc3)cc2)C([N+](=O)[O-])=C(C)C1. The van der Waals surface area contributed by atoms with Crippen molar-refractivity contribution >= 4 is 6.08 Å². The molecule has 6 heteroatoms. The van der Waals surface area contributed by atoms with E-state index in [0.29, 0.717) is 12.8 Å². The van der Waals surface area contributed by atoms with Gasteiger partial charge >= 0.3 is 0 Å². The zero-order valence-corrected chi connectivity index (χ0v) is 16.1. The van der Waals surface area contributed by atoms with Gasteiger partial charge in [0.25, 0.3) is 5.70 Å². The maximum Gasteiger partial charge on any atom is 0.252 e. The third-order valence-electron chi connectivity index (χ3n) is 4.94. The Kier molecular flexibility index (Phi) is 6.19. The van der Waals surface area contributed by atoms with Crippen LogP contribution in [0.2, 0.25) is 0 Å². The summed E-state index contributed by atoms with van der Waals surface area (Å²) in [6, 6.07) is 7.68. The molecule has 0 fully saturated rings. The van der Waals surface area contributed by atoms with Crippen LogP contribution in [0.4, 0.5) is 4.39 Å². The standard InChI is InChI=1S/C22H24FN3O2/c1-16-11-17(2)22(26(27)28)20(12-16)7-8-21(23)13-18-3-5-19(6-4-18)14-25-10-9-24-15-25/h3-6,9-10,12-13,15,20H,7-8,11,14H2,1-2H3/b21-13+. The maximum absolute atomic E-state index is 14.4. The van der Waals surface area contributed by atoms with Gasteiger partial charge in [-0.1, -0.05) is 35.9 Å². The monoisotopic (exact) mass is 381 g/mol. The fourth-order valence-corrected chi connectivity index (χ4v) is 3.67. The van der Waals surface area contributed by atoms with Crippen molar-refractivity contribution in [3.05, 3.63) is 93.0 Å². The summed E-state index contributed by atoms with van der Waals surface area (Å²) in [5, 5.41) is 11.4. The van der Waals surface area contributed by atoms with Gasteiger partial charge in [0.15, 0.2) is 0 Å². The third-order valence-corrected chi connectivity index (χ3v) is 4.94. The minimum Gasteiger partial charge on any atom is -0.333 e. The van der Waals surface area contributed by atoms with Crippen LogP contribution in [0.3, 0.4) is 0 Å². The van der Waals surface area contributed by atoms with E-state index in [1.807, 2.05) is 48.0 Å². The fraction of sp³-hybridized carbons (Fsp3) is 0.318. The number of aromatic nitrogens is 2. The van der Waals surface area contributed by atoms with Gasteiger partial charge in [-0.25, -0.2) is 9.37 Å². The Morgan fingerprint density at radius 3 is 2.75 bits per heavy atom. The van der Waals surface area contributed by atoms with Gasteiger partial charge in [-0.3, -0.25) is 10.1 Å². The molecule has 0 N–H and O–H groups in total. The summed E-state index contributed by atoms with van der Waals surface area (Å²) in [5.41, 5.74) is 3.99. The molecule has 0 saturated heterocycles. The van der Waals surface area contributed by atoms with Gasteiger partial charge in [0, 0.05) is 30.9 Å². The molecular weight excluding hydrogens is 357 g/mol. The van der Waals surface area contributed by atoms with Gasteiger partial charge in [-0.15, -0.1) is 0 Å². The second kappa shape index (κ2) is 8.78. The van der Waals surface area contributed by atoms with Crippen molar-refractivity contribution in [3.63, 3.8) is 0 Å². The van der Waals surface area contributed by atoms with Gasteiger partial charge in [0.2, 0.25) is 0 Å². The van der Waals surface area contributed by atoms with Crippen LogP contribution in [0, 0.1) is 16.0 Å². The first-order valence-electron chi connectivity index (χ1n) is 9.34. The summed E-state index contributed by atoms with van der Waals surface area (Å²) in [4.78, 5) is 15.1. The number of nitro groups is 1. The van der Waals surface area contributed by atoms with Crippen LogP contribution in [0.1, 0.15) is 44.2 Å². The zero-order valence-electron chi connectivity index (χ0n) is 16.1. The summed E-state index contributed by atoms with van der Waals surface area (Å²) in [6.45, 7) is 4.47. The first-order valence-corrected chi connectivity index (χ1v) is 9.34. The van der Waals surface area contributed by atoms with Crippen molar-refractivity contribution in [3.8, 4) is 0 Å². The van der Waals surface area contributed by atoms with E-state index in [2.05, 4.69) is 4.98 Å². The van der Waals surface area contributed by atoms with E-state index in [1.165, 1.54) is 6.08 Å². The number of hydrogen-bond acceptors (Lipinski definition) is 3. The number of benzene rings is 1. The van der Waals surface area contributed by atoms with Gasteiger partial charge in [0.05, 0.1) is 17.2 Å². The Balaban J connectivity index is 1.62. The molecule has 5 nitrogen and oxygen atoms in total. The number of nitrogens with zero attached hydrogens (tertiary/aromatic N) is 3. The van der Waals surface area contributed by atoms with Crippen molar-refractivity contribution in [1.82, 2.24) is 9.55 Å². The summed E-state index contributed by atoms with van der Waals surface area (Å²) < 4.78 is 16.4. The van der Waals surface area contributed by atoms with Gasteiger partial charge in [0.1, 0.15) is 5.83 Å². The minimum atomic E-state index is -0.333. The van der Waals surface area contributed by atoms with Crippen LogP contribution < -0.4 is 0 Å². The highest BCUT2D eigenvalue weighted by atomic mass is 19.1. The molecule has 1 atom stereocenters. The van der Waals surface area contributed by atoms with Crippen molar-refractivity contribution in [2.24, 2.45) is 5.92 Å². The number of rotatable bonds is 7. The highest BCUT2D eigenvalue weighted by Gasteiger charge is 2.29. The molecule has 0 spiro atoms. The number of allylic oxidation sites excluding steroid dienone is 4. The topological polar surface area (TPSA) is 61.0 Å². The van der Waals surface area contributed by atoms with E-state index in [4.69, 9.17) is 0 Å². The van der Waals surface area contributed by atoms with Crippen molar-refractivity contribution in [2.75, 3.05) is 0 Å². The highest BCUT2D eigenvalue weighted by molar-refractivity contribution is 5.51. The second-order valence-corrected chi connectivity index (χ2v) is 7.33. The lowest BCUT2D eigenvalue weighted by Gasteiger charge is -2.18. The third kappa shape index (κ3) is 5.03. The molecule has 0 bridgehead atoms. The highest BCUT2D eigenvalue weighted by Crippen LogP contribution is 2.33. The maximum atomic E-state index is 14.4. The lowest BCUT2D eigenvalue weighted by molar-refractivity contribution is -0.434. The van der Waals surface area contributed by atoms with Gasteiger partial charge < -0.3 is 4.57 Å². The molecular formula is C22H24FN3O2. The molecule has 3 rings (SSSR count). The van der Waals surface area contributed by atoms with E-state index < -0.39 is 0 Å². The molecule has 1 aliphatic rings. The first kappa shape index (κ1) is 19.7. The van der Waals surface area contributed by atoms with Gasteiger partial charge in [-0.2, -0.15) is 0 Å². The van der Waals surface area contributed by atoms with E-state index in [-0.39, 0.29) is 28.8 Å². The minimum absolute atomic E-state index is 0.176. The average molecular weight is 381 g/mol. The second-order valence-electron chi connectivity index (χ2n) is 7.33. The van der Waals surface area contributed by atoms with Crippen LogP contribution in [0.25, 0.3) is 6.08 Å². The van der Waals surface area contributed by atoms with Crippen LogP contribution >= 0.6 is 0 Å². The lowest BCUT2D eigenvalue weighted by atomic mass is 9.86. The van der Waals surface area contributed by atoms with Crippen LogP contribution in [0.15, 0.2) is 71.7 Å². The summed E-state index contributed by atoms with van der Waals surface area (Å²) in [6.07, 6.45) is 9.98. The molecule has 0 amide bonds. The van der Waals surface area contributed by atoms with E-state index in [9.17, 15) is 14.5 Å². The Morgan fingerprint density at radius 1 is 1.36 bits per heavy atom. The molecule has 28 heavy (non-hydrogen) atoms. The molecule has 0 aliphatic heterocycles. The Morgan fingerprint density at radius 2 is 2.11 bits per heavy atom. The molecule has 0 saturated carbocycles. The van der Waals surface area contributed by atoms with Crippen LogP contribution in [0.5, 0.6) is 0 Å². The van der Waals surface area contributed by atoms with E-state index >= 15 is 0 Å². The summed E-state index contributed by atoms with van der Waals surface area (Å²) in [5.74, 6) is -0.597. The van der Waals surface area contributed by atoms with Crippen molar-refractivity contribution < 1.29 is 9.31 Å². The molecule has 1 aromatic carbocycles. The summed E-state index contributed by atoms with van der Waals surface area (Å²) in [7, 11) is 0. The Hall–Kier alpha value is -3.02. The quantitative estimate of drug-likeness (QED) is 0.359. The van der Waals surface area contributed by atoms with Gasteiger partial charge in [-0.05, 0) is 43.9 Å². The predicted molar refractivity (Wildman–Crippen MR) is 108 cm³/mol. The molecule has 1 aliphatic carbocycles. The van der Waals surface area contributed by atoms with E-state index in [0.717, 1.165) is 28.8 Å². The molecule has 1 unspecified atom stereocenters. The van der Waals surface area contributed by atoms with E-state index in [1.54, 1.807) is 19.4 Å². The average Bonchev–Trinajstić information content (AvgIpc) is 3.14. The number of imidazole rings is 1. The fourth-order valence-electron chi connectivity index (χ4n) is 3.67. The zero-order chi connectivity index (χ0) is 20.1. The molecule has 2 aromatic rings.